The summed E-state index contributed by atoms with van der Waals surface area (Å²) in [5.41, 5.74) is 4.47. The lowest BCUT2D eigenvalue weighted by Crippen LogP contribution is -2.26. The molecule has 0 bridgehead atoms. The lowest BCUT2D eigenvalue weighted by atomic mass is 10.1. The Hall–Kier alpha value is -3.65. The number of hydrogen-bond acceptors (Lipinski definition) is 4. The van der Waals surface area contributed by atoms with Crippen molar-refractivity contribution in [1.82, 2.24) is 5.32 Å². The number of anilines is 2. The molecule has 34 heavy (non-hydrogen) atoms. The number of benzene rings is 3. The van der Waals surface area contributed by atoms with E-state index in [4.69, 9.17) is 0 Å². The number of carbonyl (C=O) groups is 2. The molecule has 1 atom stereocenters. The van der Waals surface area contributed by atoms with Gasteiger partial charge in [0, 0.05) is 23.4 Å². The first kappa shape index (κ1) is 25.0. The van der Waals surface area contributed by atoms with E-state index >= 15 is 0 Å². The van der Waals surface area contributed by atoms with Gasteiger partial charge in [-0.25, -0.2) is 8.42 Å². The summed E-state index contributed by atoms with van der Waals surface area (Å²) in [6.45, 7) is 7.51. The minimum atomic E-state index is -3.78. The summed E-state index contributed by atoms with van der Waals surface area (Å²) >= 11 is 0. The van der Waals surface area contributed by atoms with Crippen molar-refractivity contribution < 1.29 is 18.0 Å². The zero-order chi connectivity index (χ0) is 24.9. The number of hydrogen-bond donors (Lipinski definition) is 3. The van der Waals surface area contributed by atoms with Crippen molar-refractivity contribution in [2.24, 2.45) is 0 Å². The van der Waals surface area contributed by atoms with Crippen LogP contribution in [0.15, 0.2) is 71.6 Å². The molecule has 0 fully saturated rings. The standard InChI is InChI=1S/C26H29N3O4S/c1-5-25(30)28-22-12-7-20(8-13-22)19(4)27-26(31)21-9-14-24(15-10-21)34(32,33)29-23-11-6-17(2)18(3)16-23/h6-16,19,29H,5H2,1-4H3,(H,27,31)(H,28,30). The van der Waals surface area contributed by atoms with Gasteiger partial charge in [-0.3, -0.25) is 14.3 Å². The van der Waals surface area contributed by atoms with Crippen LogP contribution in [-0.4, -0.2) is 20.2 Å². The van der Waals surface area contributed by atoms with E-state index in [9.17, 15) is 18.0 Å². The van der Waals surface area contributed by atoms with Crippen LogP contribution >= 0.6 is 0 Å². The average Bonchev–Trinajstić information content (AvgIpc) is 2.81. The fraction of sp³-hybridized carbons (Fsp3) is 0.231. The molecule has 0 spiro atoms. The van der Waals surface area contributed by atoms with Crippen molar-refractivity contribution in [3.05, 3.63) is 89.0 Å². The average molecular weight is 480 g/mol. The summed E-state index contributed by atoms with van der Waals surface area (Å²) < 4.78 is 28.0. The van der Waals surface area contributed by atoms with Gasteiger partial charge in [-0.15, -0.1) is 0 Å². The Morgan fingerprint density at radius 2 is 1.47 bits per heavy atom. The quantitative estimate of drug-likeness (QED) is 0.425. The molecule has 3 rings (SSSR count). The van der Waals surface area contributed by atoms with E-state index in [1.54, 1.807) is 31.2 Å². The summed E-state index contributed by atoms with van der Waals surface area (Å²) in [7, 11) is -3.78. The summed E-state index contributed by atoms with van der Waals surface area (Å²) in [6, 6.07) is 18.1. The monoisotopic (exact) mass is 479 g/mol. The summed E-state index contributed by atoms with van der Waals surface area (Å²) in [4.78, 5) is 24.2. The Morgan fingerprint density at radius 3 is 2.06 bits per heavy atom. The van der Waals surface area contributed by atoms with Gasteiger partial charge in [0.2, 0.25) is 5.91 Å². The van der Waals surface area contributed by atoms with Gasteiger partial charge < -0.3 is 10.6 Å². The van der Waals surface area contributed by atoms with Crippen molar-refractivity contribution in [3.63, 3.8) is 0 Å². The van der Waals surface area contributed by atoms with Crippen molar-refractivity contribution in [2.75, 3.05) is 10.0 Å². The maximum absolute atomic E-state index is 12.7. The predicted molar refractivity (Wildman–Crippen MR) is 134 cm³/mol. The van der Waals surface area contributed by atoms with Crippen molar-refractivity contribution >= 4 is 33.2 Å². The molecular formula is C26H29N3O4S. The van der Waals surface area contributed by atoms with Crippen LogP contribution in [0.1, 0.15) is 53.4 Å². The van der Waals surface area contributed by atoms with Crippen LogP contribution in [-0.2, 0) is 14.8 Å². The van der Waals surface area contributed by atoms with Crippen LogP contribution < -0.4 is 15.4 Å². The maximum atomic E-state index is 12.7. The highest BCUT2D eigenvalue weighted by atomic mass is 32.2. The fourth-order valence-electron chi connectivity index (χ4n) is 3.27. The molecule has 0 aromatic heterocycles. The van der Waals surface area contributed by atoms with Gasteiger partial charge in [0.15, 0.2) is 0 Å². The molecule has 0 aliphatic carbocycles. The van der Waals surface area contributed by atoms with Crippen LogP contribution in [0, 0.1) is 13.8 Å². The van der Waals surface area contributed by atoms with E-state index in [1.807, 2.05) is 39.0 Å². The van der Waals surface area contributed by atoms with E-state index in [1.165, 1.54) is 24.3 Å². The van der Waals surface area contributed by atoms with Gasteiger partial charge in [0.25, 0.3) is 15.9 Å². The van der Waals surface area contributed by atoms with E-state index in [-0.39, 0.29) is 22.8 Å². The Labute approximate surface area is 200 Å². The minimum absolute atomic E-state index is 0.0660. The van der Waals surface area contributed by atoms with Crippen LogP contribution in [0.3, 0.4) is 0 Å². The fourth-order valence-corrected chi connectivity index (χ4v) is 4.32. The van der Waals surface area contributed by atoms with E-state index < -0.39 is 10.0 Å². The second-order valence-electron chi connectivity index (χ2n) is 8.15. The summed E-state index contributed by atoms with van der Waals surface area (Å²) in [5.74, 6) is -0.384. The Morgan fingerprint density at radius 1 is 0.853 bits per heavy atom. The number of sulfonamides is 1. The van der Waals surface area contributed by atoms with Gasteiger partial charge in [-0.05, 0) is 86.0 Å². The Kier molecular flexibility index (Phi) is 7.73. The van der Waals surface area contributed by atoms with Crippen LogP contribution in [0.5, 0.6) is 0 Å². The molecule has 0 heterocycles. The first-order chi connectivity index (χ1) is 16.1. The van der Waals surface area contributed by atoms with Crippen LogP contribution in [0.4, 0.5) is 11.4 Å². The molecule has 0 saturated carbocycles. The number of aryl methyl sites for hydroxylation is 2. The molecule has 3 aromatic rings. The maximum Gasteiger partial charge on any atom is 0.261 e. The summed E-state index contributed by atoms with van der Waals surface area (Å²) in [5, 5.41) is 5.68. The first-order valence-corrected chi connectivity index (χ1v) is 12.5. The Balaban J connectivity index is 1.65. The molecule has 178 valence electrons. The third kappa shape index (κ3) is 6.23. The highest BCUT2D eigenvalue weighted by molar-refractivity contribution is 7.92. The van der Waals surface area contributed by atoms with Crippen molar-refractivity contribution in [3.8, 4) is 0 Å². The number of nitrogens with one attached hydrogen (secondary N) is 3. The third-order valence-corrected chi connectivity index (χ3v) is 6.95. The molecule has 7 nitrogen and oxygen atoms in total. The highest BCUT2D eigenvalue weighted by Gasteiger charge is 2.17. The van der Waals surface area contributed by atoms with Gasteiger partial charge in [0.05, 0.1) is 10.9 Å². The van der Waals surface area contributed by atoms with Gasteiger partial charge in [-0.1, -0.05) is 25.1 Å². The minimum Gasteiger partial charge on any atom is -0.346 e. The zero-order valence-corrected chi connectivity index (χ0v) is 20.5. The molecular weight excluding hydrogens is 450 g/mol. The zero-order valence-electron chi connectivity index (χ0n) is 19.7. The van der Waals surface area contributed by atoms with Crippen molar-refractivity contribution in [2.45, 2.75) is 45.1 Å². The predicted octanol–water partition coefficient (Wildman–Crippen LogP) is 4.94. The van der Waals surface area contributed by atoms with E-state index in [0.29, 0.717) is 23.4 Å². The lowest BCUT2D eigenvalue weighted by molar-refractivity contribution is -0.115. The molecule has 8 heteroatoms. The molecule has 3 aromatic carbocycles. The molecule has 0 aliphatic heterocycles. The van der Waals surface area contributed by atoms with E-state index in [0.717, 1.165) is 16.7 Å². The second kappa shape index (κ2) is 10.5. The number of carbonyl (C=O) groups excluding carboxylic acids is 2. The molecule has 0 saturated heterocycles. The lowest BCUT2D eigenvalue weighted by Gasteiger charge is -2.15. The van der Waals surface area contributed by atoms with Gasteiger partial charge in [-0.2, -0.15) is 0 Å². The smallest absolute Gasteiger partial charge is 0.261 e. The van der Waals surface area contributed by atoms with E-state index in [2.05, 4.69) is 15.4 Å². The first-order valence-electron chi connectivity index (χ1n) is 11.0. The molecule has 2 amide bonds. The largest absolute Gasteiger partial charge is 0.346 e. The van der Waals surface area contributed by atoms with Crippen LogP contribution in [0.2, 0.25) is 0 Å². The van der Waals surface area contributed by atoms with Crippen molar-refractivity contribution in [1.29, 1.82) is 0 Å². The molecule has 0 aliphatic rings. The van der Waals surface area contributed by atoms with Gasteiger partial charge in [0.1, 0.15) is 0 Å². The third-order valence-electron chi connectivity index (χ3n) is 5.55. The summed E-state index contributed by atoms with van der Waals surface area (Å²) in [6.07, 6.45) is 0.399. The molecule has 1 unspecified atom stereocenters. The molecule has 3 N–H and O–H groups in total. The highest BCUT2D eigenvalue weighted by Crippen LogP contribution is 2.20. The van der Waals surface area contributed by atoms with Gasteiger partial charge >= 0.3 is 0 Å². The Bertz CT molecular complexity index is 1280. The SMILES string of the molecule is CCC(=O)Nc1ccc(C(C)NC(=O)c2ccc(S(=O)(=O)Nc3ccc(C)c(C)c3)cc2)cc1. The molecule has 0 radical (unpaired) electrons. The topological polar surface area (TPSA) is 104 Å². The second-order valence-corrected chi connectivity index (χ2v) is 9.83. The van der Waals surface area contributed by atoms with Crippen LogP contribution in [0.25, 0.3) is 0 Å². The number of amides is 2. The number of rotatable bonds is 8. The normalized spacial score (nSPS) is 12.0.